The van der Waals surface area contributed by atoms with Gasteiger partial charge in [0.1, 0.15) is 0 Å². The first kappa shape index (κ1) is 17.8. The van der Waals surface area contributed by atoms with Crippen molar-refractivity contribution in [2.45, 2.75) is 13.5 Å². The van der Waals surface area contributed by atoms with Crippen LogP contribution >= 0.6 is 11.3 Å². The van der Waals surface area contributed by atoms with Crippen molar-refractivity contribution in [1.29, 1.82) is 0 Å². The average molecular weight is 357 g/mol. The second-order valence-corrected chi connectivity index (χ2v) is 7.35. The molecule has 1 aromatic heterocycles. The smallest absolute Gasteiger partial charge is 0.238 e. The molecular formula is C19H23N3O2S. The largest absolute Gasteiger partial charge is 0.325 e. The monoisotopic (exact) mass is 357 g/mol. The number of hydrogen-bond donors (Lipinski definition) is 1. The SMILES string of the molecule is CC(=O)c1cccc(NC(=O)CN2CCN(Cc3cccs3)CC2)c1. The molecule has 5 nitrogen and oxygen atoms in total. The van der Waals surface area contributed by atoms with E-state index in [0.717, 1.165) is 32.7 Å². The highest BCUT2D eigenvalue weighted by molar-refractivity contribution is 7.09. The zero-order valence-corrected chi connectivity index (χ0v) is 15.2. The predicted molar refractivity (Wildman–Crippen MR) is 101 cm³/mol. The number of Topliss-reactive ketones (excluding diaryl/α,β-unsaturated/α-hetero) is 1. The van der Waals surface area contributed by atoms with Gasteiger partial charge in [0.2, 0.25) is 5.91 Å². The lowest BCUT2D eigenvalue weighted by Gasteiger charge is -2.34. The molecule has 1 saturated heterocycles. The van der Waals surface area contributed by atoms with Crippen LogP contribution in [0.3, 0.4) is 0 Å². The van der Waals surface area contributed by atoms with Gasteiger partial charge in [-0.25, -0.2) is 0 Å². The van der Waals surface area contributed by atoms with Gasteiger partial charge in [0, 0.05) is 48.9 Å². The van der Waals surface area contributed by atoms with Crippen LogP contribution in [-0.2, 0) is 11.3 Å². The number of hydrogen-bond acceptors (Lipinski definition) is 5. The van der Waals surface area contributed by atoms with Gasteiger partial charge >= 0.3 is 0 Å². The predicted octanol–water partition coefficient (Wildman–Crippen LogP) is 2.71. The zero-order valence-electron chi connectivity index (χ0n) is 14.4. The number of piperazine rings is 1. The third kappa shape index (κ3) is 5.22. The van der Waals surface area contributed by atoms with Crippen LogP contribution in [-0.4, -0.2) is 54.2 Å². The number of anilines is 1. The number of ketones is 1. The lowest BCUT2D eigenvalue weighted by molar-refractivity contribution is -0.117. The van der Waals surface area contributed by atoms with E-state index in [1.54, 1.807) is 29.5 Å². The molecule has 1 fully saturated rings. The van der Waals surface area contributed by atoms with Crippen molar-refractivity contribution >= 4 is 28.7 Å². The molecule has 0 saturated carbocycles. The summed E-state index contributed by atoms with van der Waals surface area (Å²) in [5.74, 6) is -0.0367. The Morgan fingerprint density at radius 2 is 1.84 bits per heavy atom. The standard InChI is InChI=1S/C19H23N3O2S/c1-15(23)16-4-2-5-17(12-16)20-19(24)14-22-9-7-21(8-10-22)13-18-6-3-11-25-18/h2-6,11-12H,7-10,13-14H2,1H3,(H,20,24). The van der Waals surface area contributed by atoms with Gasteiger partial charge in [-0.15, -0.1) is 11.3 Å². The van der Waals surface area contributed by atoms with Gasteiger partial charge in [-0.05, 0) is 30.5 Å². The molecule has 1 N–H and O–H groups in total. The molecule has 0 bridgehead atoms. The lowest BCUT2D eigenvalue weighted by Crippen LogP contribution is -2.48. The van der Waals surface area contributed by atoms with Crippen LogP contribution in [0, 0.1) is 0 Å². The van der Waals surface area contributed by atoms with E-state index in [4.69, 9.17) is 0 Å². The lowest BCUT2D eigenvalue weighted by atomic mass is 10.1. The highest BCUT2D eigenvalue weighted by Gasteiger charge is 2.19. The molecular weight excluding hydrogens is 334 g/mol. The average Bonchev–Trinajstić information content (AvgIpc) is 3.10. The van der Waals surface area contributed by atoms with E-state index >= 15 is 0 Å². The van der Waals surface area contributed by atoms with Crippen molar-refractivity contribution in [1.82, 2.24) is 9.80 Å². The number of amides is 1. The summed E-state index contributed by atoms with van der Waals surface area (Å²) in [5.41, 5.74) is 1.29. The van der Waals surface area contributed by atoms with E-state index in [1.165, 1.54) is 11.8 Å². The fourth-order valence-corrected chi connectivity index (χ4v) is 3.69. The molecule has 1 aliphatic rings. The topological polar surface area (TPSA) is 52.7 Å². The summed E-state index contributed by atoms with van der Waals surface area (Å²) in [6.07, 6.45) is 0. The van der Waals surface area contributed by atoms with Crippen LogP contribution in [0.4, 0.5) is 5.69 Å². The van der Waals surface area contributed by atoms with E-state index in [0.29, 0.717) is 17.8 Å². The van der Waals surface area contributed by atoms with Crippen LogP contribution in [0.25, 0.3) is 0 Å². The van der Waals surface area contributed by atoms with Crippen LogP contribution in [0.15, 0.2) is 41.8 Å². The van der Waals surface area contributed by atoms with Crippen molar-refractivity contribution in [3.8, 4) is 0 Å². The third-order valence-electron chi connectivity index (χ3n) is 4.34. The minimum Gasteiger partial charge on any atom is -0.325 e. The molecule has 0 unspecified atom stereocenters. The summed E-state index contributed by atoms with van der Waals surface area (Å²) >= 11 is 1.79. The molecule has 2 aromatic rings. The van der Waals surface area contributed by atoms with Crippen LogP contribution in [0.1, 0.15) is 22.2 Å². The number of carbonyl (C=O) groups is 2. The Balaban J connectivity index is 1.44. The molecule has 2 heterocycles. The number of carbonyl (C=O) groups excluding carboxylic acids is 2. The van der Waals surface area contributed by atoms with E-state index in [2.05, 4.69) is 32.6 Å². The maximum Gasteiger partial charge on any atom is 0.238 e. The Hall–Kier alpha value is -2.02. The van der Waals surface area contributed by atoms with Crippen LogP contribution in [0.2, 0.25) is 0 Å². The molecule has 0 radical (unpaired) electrons. The maximum absolute atomic E-state index is 12.3. The van der Waals surface area contributed by atoms with E-state index in [-0.39, 0.29) is 11.7 Å². The summed E-state index contributed by atoms with van der Waals surface area (Å²) in [4.78, 5) is 29.7. The van der Waals surface area contributed by atoms with Crippen molar-refractivity contribution in [2.75, 3.05) is 38.0 Å². The summed E-state index contributed by atoms with van der Waals surface area (Å²) < 4.78 is 0. The van der Waals surface area contributed by atoms with Gasteiger partial charge in [0.05, 0.1) is 6.54 Å². The van der Waals surface area contributed by atoms with Crippen molar-refractivity contribution < 1.29 is 9.59 Å². The fourth-order valence-electron chi connectivity index (χ4n) is 2.95. The minimum atomic E-state index is -0.0348. The van der Waals surface area contributed by atoms with E-state index in [9.17, 15) is 9.59 Å². The second-order valence-electron chi connectivity index (χ2n) is 6.32. The quantitative estimate of drug-likeness (QED) is 0.808. The number of nitrogens with one attached hydrogen (secondary N) is 1. The molecule has 1 aromatic carbocycles. The van der Waals surface area contributed by atoms with Gasteiger partial charge < -0.3 is 5.32 Å². The molecule has 0 aliphatic carbocycles. The number of benzene rings is 1. The molecule has 0 spiro atoms. The van der Waals surface area contributed by atoms with Crippen molar-refractivity contribution in [2.24, 2.45) is 0 Å². The Bertz CT molecular complexity index is 722. The van der Waals surface area contributed by atoms with Gasteiger partial charge in [0.15, 0.2) is 5.78 Å². The summed E-state index contributed by atoms with van der Waals surface area (Å²) in [7, 11) is 0. The second kappa shape index (κ2) is 8.38. The van der Waals surface area contributed by atoms with Crippen molar-refractivity contribution in [3.63, 3.8) is 0 Å². The normalized spacial score (nSPS) is 15.9. The molecule has 132 valence electrons. The highest BCUT2D eigenvalue weighted by Crippen LogP contribution is 2.14. The first-order valence-electron chi connectivity index (χ1n) is 8.48. The molecule has 0 atom stereocenters. The molecule has 3 rings (SSSR count). The summed E-state index contributed by atoms with van der Waals surface area (Å²) in [5, 5.41) is 5.00. The Labute approximate surface area is 152 Å². The molecule has 1 aliphatic heterocycles. The first-order chi connectivity index (χ1) is 12.1. The molecule has 1 amide bonds. The number of rotatable bonds is 6. The Kier molecular flexibility index (Phi) is 5.96. The summed E-state index contributed by atoms with van der Waals surface area (Å²) in [6.45, 7) is 6.65. The van der Waals surface area contributed by atoms with Gasteiger partial charge in [0.25, 0.3) is 0 Å². The summed E-state index contributed by atoms with van der Waals surface area (Å²) in [6, 6.07) is 11.3. The van der Waals surface area contributed by atoms with Crippen molar-refractivity contribution in [3.05, 3.63) is 52.2 Å². The Morgan fingerprint density at radius 1 is 1.08 bits per heavy atom. The van der Waals surface area contributed by atoms with E-state index < -0.39 is 0 Å². The third-order valence-corrected chi connectivity index (χ3v) is 5.21. The highest BCUT2D eigenvalue weighted by atomic mass is 32.1. The van der Waals surface area contributed by atoms with E-state index in [1.807, 2.05) is 6.07 Å². The van der Waals surface area contributed by atoms with Gasteiger partial charge in [-0.3, -0.25) is 19.4 Å². The molecule has 25 heavy (non-hydrogen) atoms. The number of nitrogens with zero attached hydrogens (tertiary/aromatic N) is 2. The maximum atomic E-state index is 12.3. The molecule has 6 heteroatoms. The van der Waals surface area contributed by atoms with Crippen LogP contribution in [0.5, 0.6) is 0 Å². The van der Waals surface area contributed by atoms with Gasteiger partial charge in [-0.2, -0.15) is 0 Å². The fraction of sp³-hybridized carbons (Fsp3) is 0.368. The minimum absolute atomic E-state index is 0.00189. The Morgan fingerprint density at radius 3 is 2.52 bits per heavy atom. The van der Waals surface area contributed by atoms with Gasteiger partial charge in [-0.1, -0.05) is 18.2 Å². The van der Waals surface area contributed by atoms with Crippen LogP contribution < -0.4 is 5.32 Å². The first-order valence-corrected chi connectivity index (χ1v) is 9.36. The number of thiophene rings is 1. The zero-order chi connectivity index (χ0) is 17.6.